The fourth-order valence-corrected chi connectivity index (χ4v) is 2.86. The van der Waals surface area contributed by atoms with Crippen molar-refractivity contribution in [3.05, 3.63) is 17.3 Å². The van der Waals surface area contributed by atoms with Gasteiger partial charge < -0.3 is 5.32 Å². The molecule has 0 aromatic carbocycles. The maximum absolute atomic E-state index is 4.33. The van der Waals surface area contributed by atoms with E-state index in [1.165, 1.54) is 24.1 Å². The molecule has 2 unspecified atom stereocenters. The molecule has 2 aliphatic heterocycles. The highest BCUT2D eigenvalue weighted by Gasteiger charge is 2.38. The largest absolute Gasteiger partial charge is 0.372 e. The molecule has 1 aromatic rings. The maximum Gasteiger partial charge on any atom is 0.148 e. The molecule has 3 rings (SSSR count). The third kappa shape index (κ3) is 1.24. The molecule has 4 heteroatoms. The summed E-state index contributed by atoms with van der Waals surface area (Å²) in [6.45, 7) is 0. The van der Waals surface area contributed by atoms with Gasteiger partial charge >= 0.3 is 0 Å². The standard InChI is InChI=1S/C11H16N4/c1-12-11-6-8-9(13-14-11)5-7-3-4-10(8)15(7)2/h6-7,10H,3-5H2,1-2H3,(H,12,14). The van der Waals surface area contributed by atoms with Gasteiger partial charge in [0.2, 0.25) is 0 Å². The molecule has 2 bridgehead atoms. The first-order chi connectivity index (χ1) is 7.29. The molecule has 1 aromatic heterocycles. The lowest BCUT2D eigenvalue weighted by Gasteiger charge is -2.32. The highest BCUT2D eigenvalue weighted by Crippen LogP contribution is 2.41. The molecule has 80 valence electrons. The van der Waals surface area contributed by atoms with Crippen LogP contribution in [0.5, 0.6) is 0 Å². The summed E-state index contributed by atoms with van der Waals surface area (Å²) in [5, 5.41) is 11.5. The van der Waals surface area contributed by atoms with Crippen LogP contribution in [0.15, 0.2) is 6.07 Å². The predicted octanol–water partition coefficient (Wildman–Crippen LogP) is 1.21. The molecule has 15 heavy (non-hydrogen) atoms. The summed E-state index contributed by atoms with van der Waals surface area (Å²) in [5.41, 5.74) is 2.59. The van der Waals surface area contributed by atoms with E-state index < -0.39 is 0 Å². The second-order valence-electron chi connectivity index (χ2n) is 4.50. The summed E-state index contributed by atoms with van der Waals surface area (Å²) in [4.78, 5) is 2.49. The molecule has 1 fully saturated rings. The monoisotopic (exact) mass is 204 g/mol. The first-order valence-corrected chi connectivity index (χ1v) is 5.56. The van der Waals surface area contributed by atoms with Gasteiger partial charge in [0, 0.05) is 25.6 Å². The molecule has 1 saturated heterocycles. The van der Waals surface area contributed by atoms with Crippen molar-refractivity contribution in [2.24, 2.45) is 0 Å². The second kappa shape index (κ2) is 3.17. The number of nitrogens with zero attached hydrogens (tertiary/aromatic N) is 3. The van der Waals surface area contributed by atoms with Gasteiger partial charge in [-0.05, 0) is 31.5 Å². The van der Waals surface area contributed by atoms with Gasteiger partial charge in [-0.15, -0.1) is 5.10 Å². The highest BCUT2D eigenvalue weighted by molar-refractivity contribution is 5.41. The van der Waals surface area contributed by atoms with Gasteiger partial charge in [0.1, 0.15) is 5.82 Å². The molecule has 1 N–H and O–H groups in total. The van der Waals surface area contributed by atoms with Crippen molar-refractivity contribution in [1.29, 1.82) is 0 Å². The molecule has 0 saturated carbocycles. The van der Waals surface area contributed by atoms with Gasteiger partial charge in [-0.3, -0.25) is 4.90 Å². The molecular weight excluding hydrogens is 188 g/mol. The zero-order valence-electron chi connectivity index (χ0n) is 9.20. The summed E-state index contributed by atoms with van der Waals surface area (Å²) >= 11 is 0. The van der Waals surface area contributed by atoms with E-state index in [0.717, 1.165) is 12.2 Å². The fraction of sp³-hybridized carbons (Fsp3) is 0.636. The van der Waals surface area contributed by atoms with Crippen LogP contribution in [0.25, 0.3) is 0 Å². The number of anilines is 1. The van der Waals surface area contributed by atoms with Gasteiger partial charge in [-0.1, -0.05) is 0 Å². The average molecular weight is 204 g/mol. The quantitative estimate of drug-likeness (QED) is 0.746. The van der Waals surface area contributed by atoms with E-state index in [1.807, 2.05) is 7.05 Å². The van der Waals surface area contributed by atoms with Crippen LogP contribution in [0.3, 0.4) is 0 Å². The van der Waals surface area contributed by atoms with Crippen LogP contribution < -0.4 is 5.32 Å². The minimum Gasteiger partial charge on any atom is -0.372 e. The van der Waals surface area contributed by atoms with Gasteiger partial charge in [0.05, 0.1) is 5.69 Å². The van der Waals surface area contributed by atoms with E-state index in [-0.39, 0.29) is 0 Å². The summed E-state index contributed by atoms with van der Waals surface area (Å²) in [7, 11) is 4.12. The van der Waals surface area contributed by atoms with Crippen molar-refractivity contribution < 1.29 is 0 Å². The molecule has 0 amide bonds. The Morgan fingerprint density at radius 3 is 3.07 bits per heavy atom. The fourth-order valence-electron chi connectivity index (χ4n) is 2.86. The van der Waals surface area contributed by atoms with Crippen LogP contribution in [0.4, 0.5) is 5.82 Å². The zero-order valence-corrected chi connectivity index (χ0v) is 9.20. The Balaban J connectivity index is 2.07. The molecule has 0 aliphatic carbocycles. The SMILES string of the molecule is CNc1cc2c(nn1)CC1CCC2N1C. The average Bonchev–Trinajstić information content (AvgIpc) is 2.51. The lowest BCUT2D eigenvalue weighted by molar-refractivity contribution is 0.221. The number of hydrogen-bond acceptors (Lipinski definition) is 4. The zero-order chi connectivity index (χ0) is 10.4. The summed E-state index contributed by atoms with van der Waals surface area (Å²) < 4.78 is 0. The van der Waals surface area contributed by atoms with Crippen molar-refractivity contribution in [3.63, 3.8) is 0 Å². The highest BCUT2D eigenvalue weighted by atomic mass is 15.2. The Morgan fingerprint density at radius 2 is 2.27 bits per heavy atom. The normalized spacial score (nSPS) is 28.9. The van der Waals surface area contributed by atoms with E-state index in [9.17, 15) is 0 Å². The lowest BCUT2D eigenvalue weighted by Crippen LogP contribution is -2.34. The molecular formula is C11H16N4. The Labute approximate surface area is 89.7 Å². The third-order valence-corrected chi connectivity index (χ3v) is 3.79. The molecule has 2 aliphatic rings. The minimum absolute atomic E-state index is 0.571. The van der Waals surface area contributed by atoms with Crippen LogP contribution in [0.1, 0.15) is 30.1 Å². The minimum atomic E-state index is 0.571. The van der Waals surface area contributed by atoms with Crippen LogP contribution in [-0.4, -0.2) is 35.2 Å². The lowest BCUT2D eigenvalue weighted by atomic mass is 9.99. The van der Waals surface area contributed by atoms with Crippen LogP contribution in [0, 0.1) is 0 Å². The Kier molecular flexibility index (Phi) is 1.92. The molecule has 0 spiro atoms. The van der Waals surface area contributed by atoms with Crippen LogP contribution in [0.2, 0.25) is 0 Å². The predicted molar refractivity (Wildman–Crippen MR) is 58.8 cm³/mol. The van der Waals surface area contributed by atoms with Crippen LogP contribution in [-0.2, 0) is 6.42 Å². The van der Waals surface area contributed by atoms with E-state index >= 15 is 0 Å². The third-order valence-electron chi connectivity index (χ3n) is 3.79. The Hall–Kier alpha value is -1.16. The van der Waals surface area contributed by atoms with Gasteiger partial charge in [-0.2, -0.15) is 5.10 Å². The van der Waals surface area contributed by atoms with E-state index in [1.54, 1.807) is 0 Å². The summed E-state index contributed by atoms with van der Waals surface area (Å²) in [6.07, 6.45) is 3.63. The van der Waals surface area contributed by atoms with E-state index in [2.05, 4.69) is 33.5 Å². The van der Waals surface area contributed by atoms with Crippen LogP contribution >= 0.6 is 0 Å². The first kappa shape index (κ1) is 9.09. The summed E-state index contributed by atoms with van der Waals surface area (Å²) in [6, 6.07) is 3.42. The van der Waals surface area contributed by atoms with Gasteiger partial charge in [0.25, 0.3) is 0 Å². The number of nitrogens with one attached hydrogen (secondary N) is 1. The van der Waals surface area contributed by atoms with Gasteiger partial charge in [0.15, 0.2) is 0 Å². The van der Waals surface area contributed by atoms with Crippen molar-refractivity contribution in [2.45, 2.75) is 31.3 Å². The van der Waals surface area contributed by atoms with E-state index in [0.29, 0.717) is 12.1 Å². The number of likely N-dealkylation sites (N-methyl/N-ethyl adjacent to an activating group) is 1. The summed E-state index contributed by atoms with van der Waals surface area (Å²) in [5.74, 6) is 0.882. The second-order valence-corrected chi connectivity index (χ2v) is 4.50. The molecule has 0 radical (unpaired) electrons. The van der Waals surface area contributed by atoms with E-state index in [4.69, 9.17) is 0 Å². The van der Waals surface area contributed by atoms with Gasteiger partial charge in [-0.25, -0.2) is 0 Å². The maximum atomic E-state index is 4.33. The topological polar surface area (TPSA) is 41.1 Å². The Morgan fingerprint density at radius 1 is 1.40 bits per heavy atom. The smallest absolute Gasteiger partial charge is 0.148 e. The number of rotatable bonds is 1. The van der Waals surface area contributed by atoms with Crippen molar-refractivity contribution >= 4 is 5.82 Å². The molecule has 4 nitrogen and oxygen atoms in total. The first-order valence-electron chi connectivity index (χ1n) is 5.56. The van der Waals surface area contributed by atoms with Crippen molar-refractivity contribution in [3.8, 4) is 0 Å². The number of fused-ring (bicyclic) bond motifs is 4. The Bertz CT molecular complexity index is 390. The van der Waals surface area contributed by atoms with Crippen molar-refractivity contribution in [2.75, 3.05) is 19.4 Å². The number of hydrogen-bond donors (Lipinski definition) is 1. The van der Waals surface area contributed by atoms with Crippen molar-refractivity contribution in [1.82, 2.24) is 15.1 Å². The molecule has 3 heterocycles. The number of aromatic nitrogens is 2. The molecule has 2 atom stereocenters.